The van der Waals surface area contributed by atoms with Gasteiger partial charge < -0.3 is 10.4 Å². The van der Waals surface area contributed by atoms with E-state index in [2.05, 4.69) is 19.2 Å². The molecule has 0 bridgehead atoms. The van der Waals surface area contributed by atoms with Crippen molar-refractivity contribution in [2.45, 2.75) is 13.8 Å². The van der Waals surface area contributed by atoms with E-state index in [1.54, 1.807) is 18.2 Å². The van der Waals surface area contributed by atoms with Gasteiger partial charge in [-0.25, -0.2) is 4.79 Å². The summed E-state index contributed by atoms with van der Waals surface area (Å²) in [6, 6.07) is 6.84. The zero-order valence-electron chi connectivity index (χ0n) is 8.45. The lowest BCUT2D eigenvalue weighted by molar-refractivity contribution is 0.0697. The van der Waals surface area contributed by atoms with Crippen molar-refractivity contribution < 1.29 is 9.90 Å². The molecule has 0 atom stereocenters. The topological polar surface area (TPSA) is 49.3 Å². The second kappa shape index (κ2) is 4.65. The van der Waals surface area contributed by atoms with Crippen molar-refractivity contribution in [3.8, 4) is 0 Å². The Balaban J connectivity index is 2.69. The zero-order chi connectivity index (χ0) is 10.6. The van der Waals surface area contributed by atoms with Crippen molar-refractivity contribution in [1.29, 1.82) is 0 Å². The molecular weight excluding hydrogens is 178 g/mol. The average Bonchev–Trinajstić information content (AvgIpc) is 2.15. The predicted molar refractivity (Wildman–Crippen MR) is 56.7 cm³/mol. The van der Waals surface area contributed by atoms with Crippen LogP contribution in [0.5, 0.6) is 0 Å². The van der Waals surface area contributed by atoms with Gasteiger partial charge in [-0.05, 0) is 24.1 Å². The Hall–Kier alpha value is -1.51. The lowest BCUT2D eigenvalue weighted by Crippen LogP contribution is -2.08. The van der Waals surface area contributed by atoms with E-state index >= 15 is 0 Å². The number of nitrogens with one attached hydrogen (secondary N) is 1. The van der Waals surface area contributed by atoms with E-state index in [9.17, 15) is 4.79 Å². The zero-order valence-corrected chi connectivity index (χ0v) is 8.45. The second-order valence-corrected chi connectivity index (χ2v) is 3.66. The molecule has 3 heteroatoms. The molecule has 0 aliphatic carbocycles. The standard InChI is InChI=1S/C11H15NO2/c1-8(2)7-12-10-5-3-4-9(6-10)11(13)14/h3-6,8,12H,7H2,1-2H3,(H,13,14). The van der Waals surface area contributed by atoms with Crippen LogP contribution in [0.15, 0.2) is 24.3 Å². The molecule has 0 saturated heterocycles. The monoisotopic (exact) mass is 193 g/mol. The summed E-state index contributed by atoms with van der Waals surface area (Å²) in [4.78, 5) is 10.7. The number of carboxylic acids is 1. The van der Waals surface area contributed by atoms with E-state index in [-0.39, 0.29) is 0 Å². The van der Waals surface area contributed by atoms with Gasteiger partial charge in [0.15, 0.2) is 0 Å². The van der Waals surface area contributed by atoms with E-state index in [0.29, 0.717) is 11.5 Å². The lowest BCUT2D eigenvalue weighted by atomic mass is 10.2. The molecule has 0 amide bonds. The fourth-order valence-electron chi connectivity index (χ4n) is 1.08. The molecule has 0 fully saturated rings. The number of carbonyl (C=O) groups is 1. The fourth-order valence-corrected chi connectivity index (χ4v) is 1.08. The largest absolute Gasteiger partial charge is 0.478 e. The summed E-state index contributed by atoms with van der Waals surface area (Å²) in [5, 5.41) is 11.9. The molecule has 2 N–H and O–H groups in total. The van der Waals surface area contributed by atoms with Gasteiger partial charge >= 0.3 is 5.97 Å². The molecule has 0 heterocycles. The number of carboxylic acid groups (broad SMARTS) is 1. The molecule has 3 nitrogen and oxygen atoms in total. The van der Waals surface area contributed by atoms with Crippen LogP contribution in [-0.2, 0) is 0 Å². The Morgan fingerprint density at radius 3 is 2.79 bits per heavy atom. The number of rotatable bonds is 4. The molecule has 0 spiro atoms. The van der Waals surface area contributed by atoms with Gasteiger partial charge in [0.2, 0.25) is 0 Å². The van der Waals surface area contributed by atoms with Crippen molar-refractivity contribution >= 4 is 11.7 Å². The Bertz CT molecular complexity index is 321. The minimum atomic E-state index is -0.891. The Morgan fingerprint density at radius 2 is 2.21 bits per heavy atom. The van der Waals surface area contributed by atoms with Crippen LogP contribution in [0.4, 0.5) is 5.69 Å². The first-order chi connectivity index (χ1) is 6.59. The molecule has 0 aliphatic rings. The summed E-state index contributed by atoms with van der Waals surface area (Å²) < 4.78 is 0. The molecule has 1 aromatic rings. The van der Waals surface area contributed by atoms with E-state index in [0.717, 1.165) is 12.2 Å². The normalized spacial score (nSPS) is 10.2. The molecule has 0 aliphatic heterocycles. The van der Waals surface area contributed by atoms with Crippen LogP contribution in [0.2, 0.25) is 0 Å². The van der Waals surface area contributed by atoms with Crippen LogP contribution < -0.4 is 5.32 Å². The van der Waals surface area contributed by atoms with Crippen LogP contribution >= 0.6 is 0 Å². The summed E-state index contributed by atoms with van der Waals surface area (Å²) in [6.45, 7) is 5.06. The first kappa shape index (κ1) is 10.6. The van der Waals surface area contributed by atoms with E-state index < -0.39 is 5.97 Å². The van der Waals surface area contributed by atoms with Crippen LogP contribution in [0.1, 0.15) is 24.2 Å². The highest BCUT2D eigenvalue weighted by Gasteiger charge is 2.02. The van der Waals surface area contributed by atoms with Crippen LogP contribution in [0.25, 0.3) is 0 Å². The van der Waals surface area contributed by atoms with E-state index in [1.807, 2.05) is 6.07 Å². The smallest absolute Gasteiger partial charge is 0.335 e. The van der Waals surface area contributed by atoms with Crippen molar-refractivity contribution in [2.24, 2.45) is 5.92 Å². The minimum absolute atomic E-state index is 0.318. The van der Waals surface area contributed by atoms with Gasteiger partial charge in [0, 0.05) is 12.2 Å². The summed E-state index contributed by atoms with van der Waals surface area (Å²) >= 11 is 0. The van der Waals surface area contributed by atoms with Crippen molar-refractivity contribution in [2.75, 3.05) is 11.9 Å². The molecule has 14 heavy (non-hydrogen) atoms. The van der Waals surface area contributed by atoms with Crippen LogP contribution in [0, 0.1) is 5.92 Å². The van der Waals surface area contributed by atoms with E-state index in [4.69, 9.17) is 5.11 Å². The number of benzene rings is 1. The highest BCUT2D eigenvalue weighted by atomic mass is 16.4. The number of aromatic carboxylic acids is 1. The third-order valence-corrected chi connectivity index (χ3v) is 1.82. The van der Waals surface area contributed by atoms with Crippen LogP contribution in [0.3, 0.4) is 0 Å². The van der Waals surface area contributed by atoms with Gasteiger partial charge in [-0.2, -0.15) is 0 Å². The Morgan fingerprint density at radius 1 is 1.50 bits per heavy atom. The third kappa shape index (κ3) is 3.09. The van der Waals surface area contributed by atoms with Crippen molar-refractivity contribution in [3.63, 3.8) is 0 Å². The quantitative estimate of drug-likeness (QED) is 0.772. The van der Waals surface area contributed by atoms with Gasteiger partial charge in [-0.1, -0.05) is 19.9 Å². The van der Waals surface area contributed by atoms with Gasteiger partial charge in [0.25, 0.3) is 0 Å². The molecule has 1 rings (SSSR count). The summed E-state index contributed by atoms with van der Waals surface area (Å²) in [7, 11) is 0. The lowest BCUT2D eigenvalue weighted by Gasteiger charge is -2.08. The highest BCUT2D eigenvalue weighted by Crippen LogP contribution is 2.11. The molecule has 0 saturated carbocycles. The molecule has 0 aromatic heterocycles. The van der Waals surface area contributed by atoms with Gasteiger partial charge in [0.1, 0.15) is 0 Å². The summed E-state index contributed by atoms with van der Waals surface area (Å²) in [5.41, 5.74) is 1.18. The molecule has 1 aromatic carbocycles. The average molecular weight is 193 g/mol. The van der Waals surface area contributed by atoms with Crippen LogP contribution in [-0.4, -0.2) is 17.6 Å². The van der Waals surface area contributed by atoms with Crippen molar-refractivity contribution in [3.05, 3.63) is 29.8 Å². The fraction of sp³-hybridized carbons (Fsp3) is 0.364. The molecule has 76 valence electrons. The Labute approximate surface area is 83.8 Å². The Kier molecular flexibility index (Phi) is 3.51. The molecule has 0 radical (unpaired) electrons. The maximum atomic E-state index is 10.7. The molecule has 0 unspecified atom stereocenters. The SMILES string of the molecule is CC(C)CNc1cccc(C(=O)O)c1. The maximum absolute atomic E-state index is 10.7. The second-order valence-electron chi connectivity index (χ2n) is 3.66. The minimum Gasteiger partial charge on any atom is -0.478 e. The molecular formula is C11H15NO2. The predicted octanol–water partition coefficient (Wildman–Crippen LogP) is 2.45. The highest BCUT2D eigenvalue weighted by molar-refractivity contribution is 5.88. The first-order valence-electron chi connectivity index (χ1n) is 4.67. The maximum Gasteiger partial charge on any atom is 0.335 e. The van der Waals surface area contributed by atoms with Gasteiger partial charge in [0.05, 0.1) is 5.56 Å². The summed E-state index contributed by atoms with van der Waals surface area (Å²) in [6.07, 6.45) is 0. The van der Waals surface area contributed by atoms with E-state index in [1.165, 1.54) is 0 Å². The first-order valence-corrected chi connectivity index (χ1v) is 4.67. The van der Waals surface area contributed by atoms with Crippen molar-refractivity contribution in [1.82, 2.24) is 0 Å². The van der Waals surface area contributed by atoms with Gasteiger partial charge in [-0.15, -0.1) is 0 Å². The summed E-state index contributed by atoms with van der Waals surface area (Å²) in [5.74, 6) is -0.346. The number of hydrogen-bond acceptors (Lipinski definition) is 2. The third-order valence-electron chi connectivity index (χ3n) is 1.82. The number of anilines is 1. The number of hydrogen-bond donors (Lipinski definition) is 2. The van der Waals surface area contributed by atoms with Gasteiger partial charge in [-0.3, -0.25) is 0 Å².